The van der Waals surface area contributed by atoms with Gasteiger partial charge in [0.1, 0.15) is 18.0 Å². The molecule has 2 aliphatic heterocycles. The summed E-state index contributed by atoms with van der Waals surface area (Å²) >= 11 is 0. The summed E-state index contributed by atoms with van der Waals surface area (Å²) in [4.78, 5) is 48.8. The van der Waals surface area contributed by atoms with Crippen LogP contribution in [0, 0.1) is 10.1 Å². The number of ether oxygens (including phenoxy) is 3. The average molecular weight is 440 g/mol. The number of urea groups is 1. The average Bonchev–Trinajstić information content (AvgIpc) is 3.33. The number of hydrogen-bond acceptors (Lipinski definition) is 8. The molecule has 0 radical (unpaired) electrons. The Bertz CT molecular complexity index is 1180. The summed E-state index contributed by atoms with van der Waals surface area (Å²) < 4.78 is 15.5. The second-order valence-corrected chi connectivity index (χ2v) is 6.65. The molecule has 4 amide bonds. The normalized spacial score (nSPS) is 15.7. The number of anilines is 1. The molecule has 2 aromatic rings. The Morgan fingerprint density at radius 2 is 2.00 bits per heavy atom. The zero-order valence-corrected chi connectivity index (χ0v) is 16.6. The highest BCUT2D eigenvalue weighted by Crippen LogP contribution is 2.39. The van der Waals surface area contributed by atoms with E-state index in [2.05, 4.69) is 10.6 Å². The second kappa shape index (κ2) is 8.26. The van der Waals surface area contributed by atoms with Crippen LogP contribution in [0.25, 0.3) is 6.08 Å². The molecule has 2 aliphatic rings. The van der Waals surface area contributed by atoms with Crippen molar-refractivity contribution in [2.75, 3.05) is 25.8 Å². The number of amides is 4. The fourth-order valence-electron chi connectivity index (χ4n) is 3.17. The Hall–Kier alpha value is -4.61. The molecule has 164 valence electrons. The molecular formula is C20H16N4O8. The molecule has 12 nitrogen and oxygen atoms in total. The number of nitrogens with one attached hydrogen (secondary N) is 2. The van der Waals surface area contributed by atoms with E-state index in [-0.39, 0.29) is 35.2 Å². The minimum atomic E-state index is -0.833. The maximum Gasteiger partial charge on any atom is 0.329 e. The smallest absolute Gasteiger partial charge is 0.329 e. The van der Waals surface area contributed by atoms with Crippen molar-refractivity contribution in [1.82, 2.24) is 10.2 Å². The molecule has 0 unspecified atom stereocenters. The third kappa shape index (κ3) is 3.88. The van der Waals surface area contributed by atoms with Crippen LogP contribution in [0.1, 0.15) is 5.56 Å². The van der Waals surface area contributed by atoms with E-state index in [1.54, 1.807) is 24.3 Å². The van der Waals surface area contributed by atoms with Crippen LogP contribution in [0.2, 0.25) is 0 Å². The van der Waals surface area contributed by atoms with Crippen LogP contribution in [0.15, 0.2) is 42.1 Å². The Labute approximate surface area is 180 Å². The first kappa shape index (κ1) is 20.7. The number of rotatable bonds is 6. The van der Waals surface area contributed by atoms with Crippen molar-refractivity contribution in [3.8, 4) is 17.2 Å². The van der Waals surface area contributed by atoms with E-state index in [1.165, 1.54) is 19.2 Å². The molecular weight excluding hydrogens is 424 g/mol. The summed E-state index contributed by atoms with van der Waals surface area (Å²) in [5.74, 6) is -0.554. The molecule has 2 aromatic carbocycles. The lowest BCUT2D eigenvalue weighted by atomic mass is 10.1. The standard InChI is InChI=1S/C20H16N4O8/c1-30-15-5-3-2-4-12(15)21-18(25)9-23-19(26)13(22-20(23)27)6-11-7-16-17(32-10-31-16)8-14(11)24(28)29/h2-8H,9-10H2,1H3,(H,21,25)(H,22,27)/b13-6-. The first-order valence-electron chi connectivity index (χ1n) is 9.23. The Balaban J connectivity index is 1.54. The molecule has 0 atom stereocenters. The fourth-order valence-corrected chi connectivity index (χ4v) is 3.17. The zero-order valence-electron chi connectivity index (χ0n) is 16.6. The number of nitro benzene ring substituents is 1. The third-order valence-corrected chi connectivity index (χ3v) is 4.66. The van der Waals surface area contributed by atoms with E-state index in [0.717, 1.165) is 6.08 Å². The van der Waals surface area contributed by atoms with Gasteiger partial charge in [-0.25, -0.2) is 9.69 Å². The van der Waals surface area contributed by atoms with Gasteiger partial charge in [0.2, 0.25) is 12.7 Å². The number of carbonyl (C=O) groups is 3. The summed E-state index contributed by atoms with van der Waals surface area (Å²) in [6.45, 7) is -0.652. The van der Waals surface area contributed by atoms with E-state index in [1.807, 2.05) is 0 Å². The van der Waals surface area contributed by atoms with Crippen molar-refractivity contribution >= 4 is 35.3 Å². The number of imide groups is 1. The predicted octanol–water partition coefficient (Wildman–Crippen LogP) is 1.86. The molecule has 0 aromatic heterocycles. The molecule has 1 saturated heterocycles. The summed E-state index contributed by atoms with van der Waals surface area (Å²) in [5, 5.41) is 16.3. The first-order valence-corrected chi connectivity index (χ1v) is 9.23. The number of fused-ring (bicyclic) bond motifs is 1. The number of carbonyl (C=O) groups excluding carboxylic acids is 3. The molecule has 0 spiro atoms. The van der Waals surface area contributed by atoms with Crippen molar-refractivity contribution in [3.63, 3.8) is 0 Å². The highest BCUT2D eigenvalue weighted by atomic mass is 16.7. The van der Waals surface area contributed by atoms with Gasteiger partial charge in [-0.2, -0.15) is 0 Å². The van der Waals surface area contributed by atoms with Gasteiger partial charge in [-0.15, -0.1) is 0 Å². The second-order valence-electron chi connectivity index (χ2n) is 6.65. The molecule has 32 heavy (non-hydrogen) atoms. The maximum absolute atomic E-state index is 12.7. The molecule has 0 saturated carbocycles. The van der Waals surface area contributed by atoms with E-state index in [9.17, 15) is 24.5 Å². The molecule has 1 fully saturated rings. The van der Waals surface area contributed by atoms with Gasteiger partial charge in [0.25, 0.3) is 11.6 Å². The van der Waals surface area contributed by atoms with Crippen molar-refractivity contribution in [2.45, 2.75) is 0 Å². The number of nitro groups is 1. The van der Waals surface area contributed by atoms with Crippen molar-refractivity contribution < 1.29 is 33.5 Å². The van der Waals surface area contributed by atoms with Gasteiger partial charge < -0.3 is 24.8 Å². The van der Waals surface area contributed by atoms with Gasteiger partial charge in [0, 0.05) is 0 Å². The van der Waals surface area contributed by atoms with Crippen LogP contribution in [0.4, 0.5) is 16.2 Å². The third-order valence-electron chi connectivity index (χ3n) is 4.66. The predicted molar refractivity (Wildman–Crippen MR) is 109 cm³/mol. The highest BCUT2D eigenvalue weighted by Gasteiger charge is 2.36. The van der Waals surface area contributed by atoms with Gasteiger partial charge in [0.05, 0.1) is 29.4 Å². The lowest BCUT2D eigenvalue weighted by Gasteiger charge is -2.13. The minimum absolute atomic E-state index is 0.0308. The summed E-state index contributed by atoms with van der Waals surface area (Å²) in [7, 11) is 1.44. The maximum atomic E-state index is 12.7. The topological polar surface area (TPSA) is 149 Å². The number of nitrogens with zero attached hydrogens (tertiary/aromatic N) is 2. The van der Waals surface area contributed by atoms with Gasteiger partial charge >= 0.3 is 6.03 Å². The first-order chi connectivity index (χ1) is 15.4. The number of para-hydroxylation sites is 2. The lowest BCUT2D eigenvalue weighted by Crippen LogP contribution is -2.38. The number of methoxy groups -OCH3 is 1. The van der Waals surface area contributed by atoms with Crippen LogP contribution in [0.5, 0.6) is 17.2 Å². The van der Waals surface area contributed by atoms with Crippen molar-refractivity contribution in [3.05, 3.63) is 57.8 Å². The van der Waals surface area contributed by atoms with Crippen molar-refractivity contribution in [2.24, 2.45) is 0 Å². The van der Waals surface area contributed by atoms with Crippen LogP contribution in [-0.2, 0) is 9.59 Å². The van der Waals surface area contributed by atoms with Gasteiger partial charge in [-0.3, -0.25) is 19.7 Å². The lowest BCUT2D eigenvalue weighted by molar-refractivity contribution is -0.385. The van der Waals surface area contributed by atoms with Crippen LogP contribution in [0.3, 0.4) is 0 Å². The van der Waals surface area contributed by atoms with Crippen molar-refractivity contribution in [1.29, 1.82) is 0 Å². The van der Waals surface area contributed by atoms with Gasteiger partial charge in [-0.1, -0.05) is 12.1 Å². The van der Waals surface area contributed by atoms with Gasteiger partial charge in [0.15, 0.2) is 11.5 Å². The summed E-state index contributed by atoms with van der Waals surface area (Å²) in [6.07, 6.45) is 1.15. The molecule has 2 N–H and O–H groups in total. The molecule has 12 heteroatoms. The number of hydrogen-bond donors (Lipinski definition) is 2. The van der Waals surface area contributed by atoms with Crippen LogP contribution >= 0.6 is 0 Å². The zero-order chi connectivity index (χ0) is 22.8. The largest absolute Gasteiger partial charge is 0.495 e. The van der Waals surface area contributed by atoms with Crippen LogP contribution < -0.4 is 24.8 Å². The Morgan fingerprint density at radius 3 is 2.72 bits per heavy atom. The van der Waals surface area contributed by atoms with E-state index in [4.69, 9.17) is 14.2 Å². The van der Waals surface area contributed by atoms with E-state index >= 15 is 0 Å². The minimum Gasteiger partial charge on any atom is -0.495 e. The monoisotopic (exact) mass is 440 g/mol. The highest BCUT2D eigenvalue weighted by molar-refractivity contribution is 6.16. The molecule has 4 rings (SSSR count). The Kier molecular flexibility index (Phi) is 5.33. The molecule has 0 bridgehead atoms. The van der Waals surface area contributed by atoms with Gasteiger partial charge in [-0.05, 0) is 24.3 Å². The summed E-state index contributed by atoms with van der Waals surface area (Å²) in [6, 6.07) is 8.33. The SMILES string of the molecule is COc1ccccc1NC(=O)CN1C(=O)N/C(=C\c2cc3c(cc2[N+](=O)[O-])OCO3)C1=O. The quantitative estimate of drug-likeness (QED) is 0.299. The van der Waals surface area contributed by atoms with E-state index < -0.39 is 29.3 Å². The Morgan fingerprint density at radius 1 is 1.28 bits per heavy atom. The fraction of sp³-hybridized carbons (Fsp3) is 0.150. The number of benzene rings is 2. The van der Waals surface area contributed by atoms with E-state index in [0.29, 0.717) is 16.3 Å². The summed E-state index contributed by atoms with van der Waals surface area (Å²) in [5.41, 5.74) is -0.153. The van der Waals surface area contributed by atoms with Crippen LogP contribution in [-0.4, -0.2) is 48.1 Å². The molecule has 2 heterocycles. The molecule has 0 aliphatic carbocycles.